The van der Waals surface area contributed by atoms with E-state index in [-0.39, 0.29) is 11.8 Å². The number of hydrogen-bond donors (Lipinski definition) is 2. The van der Waals surface area contributed by atoms with Crippen LogP contribution in [0.2, 0.25) is 0 Å². The van der Waals surface area contributed by atoms with Gasteiger partial charge in [-0.25, -0.2) is 4.98 Å². The number of rotatable bonds is 6. The van der Waals surface area contributed by atoms with Crippen LogP contribution in [0.3, 0.4) is 0 Å². The van der Waals surface area contributed by atoms with Crippen LogP contribution in [-0.2, 0) is 6.54 Å². The third-order valence-corrected chi connectivity index (χ3v) is 2.99. The number of phenols is 1. The van der Waals surface area contributed by atoms with E-state index >= 15 is 0 Å². The van der Waals surface area contributed by atoms with Gasteiger partial charge in [0.15, 0.2) is 11.5 Å². The first-order chi connectivity index (χ1) is 9.61. The van der Waals surface area contributed by atoms with Crippen molar-refractivity contribution in [1.29, 1.82) is 0 Å². The van der Waals surface area contributed by atoms with Crippen molar-refractivity contribution in [2.75, 3.05) is 6.61 Å². The molecule has 1 aromatic carbocycles. The summed E-state index contributed by atoms with van der Waals surface area (Å²) in [7, 11) is 0. The van der Waals surface area contributed by atoms with Crippen molar-refractivity contribution in [3.05, 3.63) is 41.6 Å². The molecule has 5 nitrogen and oxygen atoms in total. The molecule has 0 fully saturated rings. The standard InChI is InChI=1S/C15H20N2O3/c1-4-19-13-7-5-6-12(14(13)18)9-16-11(3)15-17-8-10(2)20-15/h5-8,11,16,18H,4,9H2,1-3H3. The summed E-state index contributed by atoms with van der Waals surface area (Å²) >= 11 is 0. The summed E-state index contributed by atoms with van der Waals surface area (Å²) in [6.45, 7) is 6.75. The SMILES string of the molecule is CCOc1cccc(CNC(C)c2ncc(C)o2)c1O. The molecule has 2 rings (SSSR count). The van der Waals surface area contributed by atoms with E-state index in [9.17, 15) is 5.11 Å². The lowest BCUT2D eigenvalue weighted by molar-refractivity contribution is 0.315. The number of nitrogens with zero attached hydrogens (tertiary/aromatic N) is 1. The summed E-state index contributed by atoms with van der Waals surface area (Å²) in [5.74, 6) is 2.11. The molecule has 5 heteroatoms. The van der Waals surface area contributed by atoms with Crippen molar-refractivity contribution in [3.63, 3.8) is 0 Å². The second kappa shape index (κ2) is 6.43. The minimum absolute atomic E-state index is 0.0288. The highest BCUT2D eigenvalue weighted by Gasteiger charge is 2.13. The Labute approximate surface area is 118 Å². The van der Waals surface area contributed by atoms with Crippen molar-refractivity contribution in [2.24, 2.45) is 0 Å². The molecule has 0 spiro atoms. The van der Waals surface area contributed by atoms with E-state index in [0.29, 0.717) is 24.8 Å². The first kappa shape index (κ1) is 14.4. The molecule has 2 aromatic rings. The monoisotopic (exact) mass is 276 g/mol. The summed E-state index contributed by atoms with van der Waals surface area (Å²) < 4.78 is 10.8. The Morgan fingerprint density at radius 3 is 2.90 bits per heavy atom. The first-order valence-corrected chi connectivity index (χ1v) is 6.71. The number of nitrogens with one attached hydrogen (secondary N) is 1. The van der Waals surface area contributed by atoms with Gasteiger partial charge >= 0.3 is 0 Å². The average molecular weight is 276 g/mol. The number of oxazole rings is 1. The van der Waals surface area contributed by atoms with Gasteiger partial charge in [-0.2, -0.15) is 0 Å². The zero-order valence-electron chi connectivity index (χ0n) is 12.0. The Kier molecular flexibility index (Phi) is 4.63. The molecule has 0 saturated carbocycles. The number of phenolic OH excluding ortho intramolecular Hbond substituents is 1. The number of aromatic hydroxyl groups is 1. The molecule has 1 heterocycles. The molecular weight excluding hydrogens is 256 g/mol. The largest absolute Gasteiger partial charge is 0.504 e. The van der Waals surface area contributed by atoms with Gasteiger partial charge in [0.1, 0.15) is 5.76 Å². The van der Waals surface area contributed by atoms with Gasteiger partial charge in [-0.1, -0.05) is 12.1 Å². The zero-order chi connectivity index (χ0) is 14.5. The molecule has 1 atom stereocenters. The molecule has 0 bridgehead atoms. The maximum absolute atomic E-state index is 10.1. The van der Waals surface area contributed by atoms with Crippen LogP contribution in [-0.4, -0.2) is 16.7 Å². The van der Waals surface area contributed by atoms with Gasteiger partial charge in [0.05, 0.1) is 18.8 Å². The van der Waals surface area contributed by atoms with E-state index in [2.05, 4.69) is 10.3 Å². The molecule has 1 unspecified atom stereocenters. The van der Waals surface area contributed by atoms with E-state index in [1.807, 2.05) is 32.9 Å². The van der Waals surface area contributed by atoms with Crippen LogP contribution in [0.15, 0.2) is 28.8 Å². The van der Waals surface area contributed by atoms with Crippen molar-refractivity contribution in [1.82, 2.24) is 10.3 Å². The molecule has 20 heavy (non-hydrogen) atoms. The van der Waals surface area contributed by atoms with Gasteiger partial charge in [0.25, 0.3) is 0 Å². The van der Waals surface area contributed by atoms with E-state index < -0.39 is 0 Å². The number of aryl methyl sites for hydroxylation is 1. The van der Waals surface area contributed by atoms with Crippen LogP contribution < -0.4 is 10.1 Å². The lowest BCUT2D eigenvalue weighted by atomic mass is 10.1. The van der Waals surface area contributed by atoms with Crippen molar-refractivity contribution < 1.29 is 14.3 Å². The smallest absolute Gasteiger partial charge is 0.211 e. The second-order valence-corrected chi connectivity index (χ2v) is 4.61. The molecule has 2 N–H and O–H groups in total. The highest BCUT2D eigenvalue weighted by atomic mass is 16.5. The van der Waals surface area contributed by atoms with Gasteiger partial charge in [0.2, 0.25) is 5.89 Å². The molecule has 0 radical (unpaired) electrons. The molecule has 0 saturated heterocycles. The van der Waals surface area contributed by atoms with Crippen LogP contribution in [0, 0.1) is 6.92 Å². The molecular formula is C15H20N2O3. The molecule has 108 valence electrons. The van der Waals surface area contributed by atoms with Gasteiger partial charge < -0.3 is 19.6 Å². The fourth-order valence-corrected chi connectivity index (χ4v) is 1.91. The lowest BCUT2D eigenvalue weighted by Crippen LogP contribution is -2.18. The Balaban J connectivity index is 2.02. The maximum Gasteiger partial charge on any atom is 0.211 e. The molecule has 1 aromatic heterocycles. The average Bonchev–Trinajstić information content (AvgIpc) is 2.86. The summed E-state index contributed by atoms with van der Waals surface area (Å²) in [6, 6.07) is 5.45. The zero-order valence-corrected chi connectivity index (χ0v) is 12.0. The highest BCUT2D eigenvalue weighted by Crippen LogP contribution is 2.30. The van der Waals surface area contributed by atoms with Crippen LogP contribution in [0.4, 0.5) is 0 Å². The van der Waals surface area contributed by atoms with Crippen molar-refractivity contribution >= 4 is 0 Å². The summed E-state index contributed by atoms with van der Waals surface area (Å²) in [4.78, 5) is 4.18. The summed E-state index contributed by atoms with van der Waals surface area (Å²) in [6.07, 6.45) is 1.70. The Hall–Kier alpha value is -2.01. The minimum Gasteiger partial charge on any atom is -0.504 e. The van der Waals surface area contributed by atoms with Gasteiger partial charge in [-0.15, -0.1) is 0 Å². The van der Waals surface area contributed by atoms with Crippen molar-refractivity contribution in [2.45, 2.75) is 33.4 Å². The van der Waals surface area contributed by atoms with Gasteiger partial charge in [-0.05, 0) is 26.8 Å². The van der Waals surface area contributed by atoms with E-state index in [1.165, 1.54) is 0 Å². The van der Waals surface area contributed by atoms with E-state index in [1.54, 1.807) is 12.3 Å². The number of ether oxygens (including phenoxy) is 1. The predicted octanol–water partition coefficient (Wildman–Crippen LogP) is 2.94. The number of benzene rings is 1. The van der Waals surface area contributed by atoms with Crippen LogP contribution >= 0.6 is 0 Å². The number of hydrogen-bond acceptors (Lipinski definition) is 5. The van der Waals surface area contributed by atoms with Gasteiger partial charge in [-0.3, -0.25) is 0 Å². The minimum atomic E-state index is -0.0288. The Bertz CT molecular complexity index is 566. The molecule has 0 aliphatic carbocycles. The normalized spacial score (nSPS) is 12.3. The van der Waals surface area contributed by atoms with Crippen LogP contribution in [0.1, 0.15) is 37.1 Å². The third-order valence-electron chi connectivity index (χ3n) is 2.99. The third kappa shape index (κ3) is 3.30. The second-order valence-electron chi connectivity index (χ2n) is 4.61. The van der Waals surface area contributed by atoms with Crippen LogP contribution in [0.25, 0.3) is 0 Å². The fourth-order valence-electron chi connectivity index (χ4n) is 1.91. The van der Waals surface area contributed by atoms with E-state index in [4.69, 9.17) is 9.15 Å². The number of para-hydroxylation sites is 1. The van der Waals surface area contributed by atoms with Gasteiger partial charge in [0, 0.05) is 12.1 Å². The predicted molar refractivity (Wildman–Crippen MR) is 75.8 cm³/mol. The van der Waals surface area contributed by atoms with Crippen molar-refractivity contribution in [3.8, 4) is 11.5 Å². The Morgan fingerprint density at radius 1 is 1.45 bits per heavy atom. The molecule has 0 aliphatic rings. The first-order valence-electron chi connectivity index (χ1n) is 6.71. The Morgan fingerprint density at radius 2 is 2.25 bits per heavy atom. The summed E-state index contributed by atoms with van der Waals surface area (Å²) in [5.41, 5.74) is 0.783. The quantitative estimate of drug-likeness (QED) is 0.849. The maximum atomic E-state index is 10.1. The fraction of sp³-hybridized carbons (Fsp3) is 0.400. The van der Waals surface area contributed by atoms with E-state index in [0.717, 1.165) is 11.3 Å². The lowest BCUT2D eigenvalue weighted by Gasteiger charge is -2.13. The highest BCUT2D eigenvalue weighted by molar-refractivity contribution is 5.45. The van der Waals surface area contributed by atoms with Crippen LogP contribution in [0.5, 0.6) is 11.5 Å². The topological polar surface area (TPSA) is 67.5 Å². The number of aromatic nitrogens is 1. The molecule has 0 aliphatic heterocycles. The molecule has 0 amide bonds. The summed E-state index contributed by atoms with van der Waals surface area (Å²) in [5, 5.41) is 13.4.